The number of H-pyrrole nitrogens is 1. The number of aromatic nitrogens is 4. The highest BCUT2D eigenvalue weighted by Crippen LogP contribution is 2.40. The Labute approximate surface area is 138 Å². The zero-order valence-electron chi connectivity index (χ0n) is 13.9. The zero-order chi connectivity index (χ0) is 17.6. The summed E-state index contributed by atoms with van der Waals surface area (Å²) in [6.45, 7) is 4.52. The second-order valence-electron chi connectivity index (χ2n) is 6.92. The molecular weight excluding hydrogens is 334 g/mol. The number of fused-ring (bicyclic) bond motifs is 1. The van der Waals surface area contributed by atoms with Gasteiger partial charge in [0.15, 0.2) is 23.6 Å². The van der Waals surface area contributed by atoms with E-state index < -0.39 is 31.5 Å². The predicted octanol–water partition coefficient (Wildman–Crippen LogP) is 1.12. The van der Waals surface area contributed by atoms with Crippen molar-refractivity contribution in [1.29, 1.82) is 0 Å². The minimum Gasteiger partial charge on any atom is -0.387 e. The van der Waals surface area contributed by atoms with Crippen LogP contribution in [0.15, 0.2) is 11.1 Å². The number of ether oxygens (including phenoxy) is 1. The average molecular weight is 356 g/mol. The van der Waals surface area contributed by atoms with Gasteiger partial charge in [0.25, 0.3) is 5.56 Å². The van der Waals surface area contributed by atoms with Gasteiger partial charge in [-0.2, -0.15) is 0 Å². The summed E-state index contributed by atoms with van der Waals surface area (Å²) < 4.78 is 21.7. The van der Waals surface area contributed by atoms with Gasteiger partial charge in [-0.05, 0) is 32.8 Å². The summed E-state index contributed by atoms with van der Waals surface area (Å²) in [5, 5.41) is 10.2. The van der Waals surface area contributed by atoms with E-state index >= 15 is 0 Å². The van der Waals surface area contributed by atoms with Crippen molar-refractivity contribution in [3.8, 4) is 0 Å². The molecule has 3 heterocycles. The Morgan fingerprint density at radius 3 is 2.92 bits per heavy atom. The molecule has 0 bridgehead atoms. The molecule has 0 saturated carbocycles. The summed E-state index contributed by atoms with van der Waals surface area (Å²) in [5.74, 6) is 0.406. The Morgan fingerprint density at radius 1 is 1.54 bits per heavy atom. The lowest BCUT2D eigenvalue weighted by atomic mass is 10.1. The third kappa shape index (κ3) is 3.18. The number of imidazole rings is 1. The standard InChI is InChI=1S/C15H22FN4O3P/c1-8-18-13-11(14(22)19-8)17-7-20(13)15-10(16)12(21)9(23-15)5-6-24(2,3)4/h7,9-10,12,15,21H,2,5-6H2,1,3-4H3,(H,18,19,22)/t9-,10?,12-,15?/m1/s1. The van der Waals surface area contributed by atoms with Gasteiger partial charge in [0.1, 0.15) is 11.9 Å². The lowest BCUT2D eigenvalue weighted by molar-refractivity contribution is -0.0234. The maximum atomic E-state index is 14.6. The molecule has 0 amide bonds. The molecule has 2 aromatic heterocycles. The van der Waals surface area contributed by atoms with Gasteiger partial charge in [-0.3, -0.25) is 9.36 Å². The van der Waals surface area contributed by atoms with Gasteiger partial charge in [-0.15, -0.1) is 13.2 Å². The van der Waals surface area contributed by atoms with E-state index in [1.165, 1.54) is 10.9 Å². The molecule has 1 fully saturated rings. The van der Waals surface area contributed by atoms with Crippen LogP contribution in [0.1, 0.15) is 18.5 Å². The lowest BCUT2D eigenvalue weighted by Gasteiger charge is -2.18. The van der Waals surface area contributed by atoms with E-state index in [2.05, 4.69) is 34.6 Å². The van der Waals surface area contributed by atoms with E-state index in [-0.39, 0.29) is 16.7 Å². The first-order chi connectivity index (χ1) is 11.2. The monoisotopic (exact) mass is 356 g/mol. The summed E-state index contributed by atoms with van der Waals surface area (Å²) >= 11 is 0. The molecule has 0 radical (unpaired) electrons. The van der Waals surface area contributed by atoms with Crippen LogP contribution in [0.5, 0.6) is 0 Å². The van der Waals surface area contributed by atoms with Gasteiger partial charge in [0.2, 0.25) is 0 Å². The van der Waals surface area contributed by atoms with E-state index in [0.717, 1.165) is 6.16 Å². The Kier molecular flexibility index (Phi) is 4.40. The van der Waals surface area contributed by atoms with Gasteiger partial charge in [-0.25, -0.2) is 14.4 Å². The maximum Gasteiger partial charge on any atom is 0.279 e. The normalized spacial score (nSPS) is 27.9. The van der Waals surface area contributed by atoms with E-state index in [9.17, 15) is 14.3 Å². The Balaban J connectivity index is 1.90. The third-order valence-corrected chi connectivity index (χ3v) is 5.61. The fraction of sp³-hybridized carbons (Fsp3) is 0.600. The number of hydrogen-bond acceptors (Lipinski definition) is 5. The molecule has 1 saturated heterocycles. The largest absolute Gasteiger partial charge is 0.387 e. The molecule has 132 valence electrons. The molecule has 0 spiro atoms. The number of aromatic amines is 1. The Hall–Kier alpha value is -1.50. The van der Waals surface area contributed by atoms with Crippen molar-refractivity contribution >= 4 is 24.3 Å². The highest BCUT2D eigenvalue weighted by molar-refractivity contribution is 7.72. The van der Waals surface area contributed by atoms with Crippen LogP contribution in [-0.4, -0.2) is 68.8 Å². The average Bonchev–Trinajstić information content (AvgIpc) is 3.00. The Morgan fingerprint density at radius 2 is 2.25 bits per heavy atom. The minimum atomic E-state index is -1.61. The van der Waals surface area contributed by atoms with Crippen LogP contribution in [0, 0.1) is 6.92 Å². The molecule has 2 unspecified atom stereocenters. The molecule has 0 aromatic carbocycles. The molecule has 24 heavy (non-hydrogen) atoms. The zero-order valence-corrected chi connectivity index (χ0v) is 14.8. The van der Waals surface area contributed by atoms with Gasteiger partial charge in [0.05, 0.1) is 12.4 Å². The summed E-state index contributed by atoms with van der Waals surface area (Å²) in [6.07, 6.45) is 2.31. The minimum absolute atomic E-state index is 0.124. The first kappa shape index (κ1) is 17.3. The molecule has 0 aliphatic carbocycles. The molecule has 3 rings (SSSR count). The number of rotatable bonds is 4. The quantitative estimate of drug-likeness (QED) is 0.801. The topological polar surface area (TPSA) is 93.0 Å². The number of nitrogens with one attached hydrogen (secondary N) is 1. The molecule has 1 aliphatic rings. The number of halogens is 1. The van der Waals surface area contributed by atoms with Crippen LogP contribution in [0.4, 0.5) is 4.39 Å². The molecule has 7 nitrogen and oxygen atoms in total. The van der Waals surface area contributed by atoms with Crippen molar-refractivity contribution in [3.63, 3.8) is 0 Å². The second-order valence-corrected chi connectivity index (χ2v) is 11.2. The summed E-state index contributed by atoms with van der Waals surface area (Å²) in [7, 11) is 0. The molecule has 1 aliphatic heterocycles. The third-order valence-electron chi connectivity index (χ3n) is 4.14. The maximum absolute atomic E-state index is 14.6. The van der Waals surface area contributed by atoms with Crippen molar-refractivity contribution in [2.45, 2.75) is 38.0 Å². The van der Waals surface area contributed by atoms with Crippen LogP contribution in [0.3, 0.4) is 0 Å². The van der Waals surface area contributed by atoms with E-state index in [4.69, 9.17) is 4.74 Å². The molecule has 9 heteroatoms. The van der Waals surface area contributed by atoms with Gasteiger partial charge < -0.3 is 14.8 Å². The second kappa shape index (κ2) is 6.10. The SMILES string of the molecule is C=P(C)(C)CC[C@H]1OC(n2cnc3c(=O)[nH]c(C)nc32)C(F)[C@@H]1O. The highest BCUT2D eigenvalue weighted by Gasteiger charge is 2.45. The summed E-state index contributed by atoms with van der Waals surface area (Å²) in [4.78, 5) is 22.7. The van der Waals surface area contributed by atoms with Gasteiger partial charge in [0, 0.05) is 0 Å². The van der Waals surface area contributed by atoms with E-state index in [1.807, 2.05) is 0 Å². The molecular formula is C15H22FN4O3P. The van der Waals surface area contributed by atoms with Gasteiger partial charge >= 0.3 is 0 Å². The molecule has 4 atom stereocenters. The molecule has 2 N–H and O–H groups in total. The van der Waals surface area contributed by atoms with Gasteiger partial charge in [-0.1, -0.05) is 0 Å². The van der Waals surface area contributed by atoms with Crippen molar-refractivity contribution in [2.75, 3.05) is 19.5 Å². The first-order valence-corrected chi connectivity index (χ1v) is 10.8. The Bertz CT molecular complexity index is 858. The molecule has 2 aromatic rings. The highest BCUT2D eigenvalue weighted by atomic mass is 31.2. The van der Waals surface area contributed by atoms with Crippen molar-refractivity contribution in [3.05, 3.63) is 22.5 Å². The number of alkyl halides is 1. The predicted molar refractivity (Wildman–Crippen MR) is 93.1 cm³/mol. The summed E-state index contributed by atoms with van der Waals surface area (Å²) in [5.41, 5.74) is -0.00810. The van der Waals surface area contributed by atoms with Crippen LogP contribution in [-0.2, 0) is 4.74 Å². The number of hydrogen-bond donors (Lipinski definition) is 2. The fourth-order valence-corrected chi connectivity index (χ4v) is 3.82. The summed E-state index contributed by atoms with van der Waals surface area (Å²) in [6, 6.07) is 0. The number of aryl methyl sites for hydroxylation is 1. The van der Waals surface area contributed by atoms with E-state index in [1.54, 1.807) is 6.92 Å². The van der Waals surface area contributed by atoms with E-state index in [0.29, 0.717) is 12.2 Å². The smallest absolute Gasteiger partial charge is 0.279 e. The van der Waals surface area contributed by atoms with Crippen LogP contribution >= 0.6 is 6.89 Å². The number of nitrogens with zero attached hydrogens (tertiary/aromatic N) is 3. The van der Waals surface area contributed by atoms with Crippen molar-refractivity contribution in [1.82, 2.24) is 19.5 Å². The fourth-order valence-electron chi connectivity index (χ4n) is 2.86. The lowest BCUT2D eigenvalue weighted by Crippen LogP contribution is -2.29. The number of aliphatic hydroxyl groups excluding tert-OH is 1. The van der Waals surface area contributed by atoms with Crippen molar-refractivity contribution in [2.24, 2.45) is 0 Å². The van der Waals surface area contributed by atoms with Crippen molar-refractivity contribution < 1.29 is 14.2 Å². The first-order valence-electron chi connectivity index (χ1n) is 7.76. The van der Waals surface area contributed by atoms with Crippen LogP contribution in [0.2, 0.25) is 0 Å². The van der Waals surface area contributed by atoms with Crippen LogP contribution in [0.25, 0.3) is 11.2 Å². The van der Waals surface area contributed by atoms with Crippen LogP contribution < -0.4 is 5.56 Å². The number of aliphatic hydroxyl groups is 1.